The third kappa shape index (κ3) is 25.9. The second kappa shape index (κ2) is 30.8. The standard InChI is InChI=1S/C11H15ClN4Si.C10H12ClNSi.C8H7ClN4.C7H4ClN.C5H3ClIN.4CH4/c1-17(2,3)8-16-7-10(14-15-16)9-4-5-11(12)13-6-9;1-13(2,3)7-6-9-4-5-10(11)12-8-9;1-13-5-7(11-12-13)6-2-3-8(9)10-4-6;1-2-6-3-4-7(8)9-5-6;6-5-2-1-4(7)3-8-5;;;;/h4-7H,8H2,1-3H3;4-5,8H,1-3H3;2-5H,1H3;1,3-5H;1-3H;4*1H4. The van der Waals surface area contributed by atoms with E-state index in [9.17, 15) is 0 Å². The molecule has 7 aromatic rings. The Kier molecular flexibility index (Phi) is 29.8. The third-order valence-electron chi connectivity index (χ3n) is 6.72. The van der Waals surface area contributed by atoms with E-state index in [1.54, 1.807) is 72.1 Å². The maximum absolute atomic E-state index is 5.74. The molecule has 0 aromatic carbocycles. The molecule has 0 aliphatic heterocycles. The number of hydrogen-bond acceptors (Lipinski definition) is 9. The van der Waals surface area contributed by atoms with Gasteiger partial charge >= 0.3 is 0 Å². The van der Waals surface area contributed by atoms with E-state index in [1.165, 1.54) is 0 Å². The molecule has 0 N–H and O–H groups in total. The van der Waals surface area contributed by atoms with Gasteiger partial charge in [0.25, 0.3) is 0 Å². The van der Waals surface area contributed by atoms with Gasteiger partial charge in [-0.15, -0.1) is 22.2 Å². The zero-order valence-electron chi connectivity index (χ0n) is 33.8. The molecule has 0 fully saturated rings. The largest absolute Gasteiger partial charge is 0.255 e. The summed E-state index contributed by atoms with van der Waals surface area (Å²) in [5, 5.41) is 18.6. The van der Waals surface area contributed by atoms with Crippen molar-refractivity contribution in [3.63, 3.8) is 0 Å². The fourth-order valence-electron chi connectivity index (χ4n) is 4.06. The Morgan fingerprint density at radius 2 is 0.984 bits per heavy atom. The smallest absolute Gasteiger partial charge is 0.129 e. The first kappa shape index (κ1) is 61.9. The number of aromatic nitrogens is 11. The molecule has 7 aromatic heterocycles. The molecule has 0 aliphatic rings. The number of aryl methyl sites for hydroxylation is 1. The first-order valence-corrected chi connectivity index (χ1v) is 28.0. The average Bonchev–Trinajstić information content (AvgIpc) is 3.85. The summed E-state index contributed by atoms with van der Waals surface area (Å²) < 4.78 is 4.66. The molecule has 0 unspecified atom stereocenters. The van der Waals surface area contributed by atoms with Gasteiger partial charge in [0.2, 0.25) is 0 Å². The van der Waals surface area contributed by atoms with Crippen molar-refractivity contribution < 1.29 is 0 Å². The Morgan fingerprint density at radius 3 is 1.33 bits per heavy atom. The lowest BCUT2D eigenvalue weighted by Crippen LogP contribution is -2.28. The van der Waals surface area contributed by atoms with Crippen molar-refractivity contribution in [1.82, 2.24) is 54.9 Å². The van der Waals surface area contributed by atoms with Gasteiger partial charge in [0.05, 0.1) is 20.5 Å². The summed E-state index contributed by atoms with van der Waals surface area (Å²) in [6.45, 7) is 13.5. The van der Waals surface area contributed by atoms with Crippen molar-refractivity contribution in [2.24, 2.45) is 7.05 Å². The molecule has 19 heteroatoms. The van der Waals surface area contributed by atoms with Crippen LogP contribution in [0.4, 0.5) is 0 Å². The lowest BCUT2D eigenvalue weighted by atomic mass is 10.2. The molecule has 0 aliphatic carbocycles. The molecule has 64 heavy (non-hydrogen) atoms. The van der Waals surface area contributed by atoms with E-state index in [0.29, 0.717) is 25.8 Å². The van der Waals surface area contributed by atoms with E-state index >= 15 is 0 Å². The van der Waals surface area contributed by atoms with Gasteiger partial charge in [-0.2, -0.15) is 0 Å². The summed E-state index contributed by atoms with van der Waals surface area (Å²) in [5.41, 5.74) is 8.44. The van der Waals surface area contributed by atoms with Gasteiger partial charge in [-0.05, 0) is 83.3 Å². The van der Waals surface area contributed by atoms with Crippen LogP contribution in [0, 0.1) is 27.4 Å². The fraction of sp³-hybridized carbons (Fsp3) is 0.267. The van der Waals surface area contributed by atoms with Gasteiger partial charge in [-0.3, -0.25) is 9.36 Å². The topological polar surface area (TPSA) is 126 Å². The second-order valence-electron chi connectivity index (χ2n) is 14.6. The molecule has 0 saturated carbocycles. The van der Waals surface area contributed by atoms with Crippen molar-refractivity contribution in [2.45, 2.75) is 75.2 Å². The predicted octanol–water partition coefficient (Wildman–Crippen LogP) is 14.0. The van der Waals surface area contributed by atoms with Crippen LogP contribution in [-0.2, 0) is 13.2 Å². The SMILES string of the molecule is C.C.C.C.C#Cc1ccc(Cl)nc1.C[Si](C)(C)C#Cc1ccc(Cl)nc1.C[Si](C)(C)Cn1cc(-c2ccc(Cl)nc2)nn1.Clc1ccc(I)cn1.Cn1cc(-c2ccc(Cl)nc2)nn1. The van der Waals surface area contributed by atoms with Crippen LogP contribution in [0.25, 0.3) is 22.5 Å². The minimum absolute atomic E-state index is 0. The minimum atomic E-state index is -1.28. The monoisotopic (exact) mass is 1110 g/mol. The summed E-state index contributed by atoms with van der Waals surface area (Å²) in [7, 11) is -0.627. The van der Waals surface area contributed by atoms with Crippen LogP contribution in [0.15, 0.2) is 104 Å². The van der Waals surface area contributed by atoms with E-state index in [0.717, 1.165) is 43.4 Å². The molecule has 0 atom stereocenters. The van der Waals surface area contributed by atoms with E-state index in [-0.39, 0.29) is 29.7 Å². The number of pyridine rings is 5. The van der Waals surface area contributed by atoms with Gasteiger partial charge < -0.3 is 0 Å². The molecule has 0 saturated heterocycles. The summed E-state index contributed by atoms with van der Waals surface area (Å²) in [6, 6.07) is 18.0. The van der Waals surface area contributed by atoms with Gasteiger partial charge in [0.15, 0.2) is 0 Å². The number of rotatable bonds is 4. The van der Waals surface area contributed by atoms with Crippen LogP contribution in [0.5, 0.6) is 0 Å². The summed E-state index contributed by atoms with van der Waals surface area (Å²) in [6.07, 6.45) is 18.2. The molecule has 0 radical (unpaired) electrons. The molecule has 11 nitrogen and oxygen atoms in total. The van der Waals surface area contributed by atoms with Gasteiger partial charge in [-0.1, -0.05) is 149 Å². The first-order chi connectivity index (χ1) is 28.3. The van der Waals surface area contributed by atoms with Crippen molar-refractivity contribution in [1.29, 1.82) is 0 Å². The predicted molar refractivity (Wildman–Crippen MR) is 286 cm³/mol. The molecule has 342 valence electrons. The highest BCUT2D eigenvalue weighted by molar-refractivity contribution is 14.1. The fourth-order valence-corrected chi connectivity index (χ4v) is 6.58. The lowest BCUT2D eigenvalue weighted by Gasteiger charge is -2.14. The van der Waals surface area contributed by atoms with Crippen LogP contribution < -0.4 is 0 Å². The van der Waals surface area contributed by atoms with Crippen LogP contribution in [0.3, 0.4) is 0 Å². The molecular formula is C45H57Cl5IN11Si2. The van der Waals surface area contributed by atoms with Gasteiger partial charge in [0, 0.05) is 70.0 Å². The second-order valence-corrected chi connectivity index (χ2v) is 27.9. The highest BCUT2D eigenvalue weighted by atomic mass is 127. The molecule has 0 bridgehead atoms. The summed E-state index contributed by atoms with van der Waals surface area (Å²) >= 11 is 30.2. The highest BCUT2D eigenvalue weighted by Gasteiger charge is 2.15. The Labute approximate surface area is 421 Å². The maximum Gasteiger partial charge on any atom is 0.129 e. The van der Waals surface area contributed by atoms with E-state index in [2.05, 4.69) is 125 Å². The van der Waals surface area contributed by atoms with Crippen molar-refractivity contribution in [3.8, 4) is 46.3 Å². The van der Waals surface area contributed by atoms with Crippen LogP contribution in [0.1, 0.15) is 40.8 Å². The van der Waals surface area contributed by atoms with Crippen LogP contribution >= 0.6 is 80.6 Å². The normalized spacial score (nSPS) is 9.69. The van der Waals surface area contributed by atoms with Crippen molar-refractivity contribution in [2.75, 3.05) is 0 Å². The average molecular weight is 1110 g/mol. The summed E-state index contributed by atoms with van der Waals surface area (Å²) in [4.78, 5) is 19.6. The Hall–Kier alpha value is -4.24. The van der Waals surface area contributed by atoms with Crippen LogP contribution in [0.2, 0.25) is 65.0 Å². The van der Waals surface area contributed by atoms with Gasteiger partial charge in [0.1, 0.15) is 45.2 Å². The molecule has 7 rings (SSSR count). The Morgan fingerprint density at radius 1 is 0.562 bits per heavy atom. The maximum atomic E-state index is 5.74. The first-order valence-electron chi connectivity index (χ1n) is 17.8. The van der Waals surface area contributed by atoms with Crippen molar-refractivity contribution in [3.05, 3.63) is 145 Å². The number of nitrogens with zero attached hydrogens (tertiary/aromatic N) is 11. The minimum Gasteiger partial charge on any atom is -0.255 e. The molecular weight excluding hydrogens is 1050 g/mol. The number of terminal acetylenes is 1. The van der Waals surface area contributed by atoms with E-state index < -0.39 is 16.1 Å². The van der Waals surface area contributed by atoms with Crippen molar-refractivity contribution >= 4 is 96.7 Å². The Balaban J connectivity index is 0. The van der Waals surface area contributed by atoms with E-state index in [4.69, 9.17) is 64.4 Å². The van der Waals surface area contributed by atoms with Gasteiger partial charge in [-0.25, -0.2) is 24.9 Å². The van der Waals surface area contributed by atoms with Crippen LogP contribution in [-0.4, -0.2) is 71.1 Å². The Bertz CT molecular complexity index is 2430. The summed E-state index contributed by atoms with van der Waals surface area (Å²) in [5.74, 6) is 5.54. The quantitative estimate of drug-likeness (QED) is 0.0733. The molecule has 0 spiro atoms. The zero-order chi connectivity index (χ0) is 44.3. The highest BCUT2D eigenvalue weighted by Crippen LogP contribution is 2.18. The molecule has 0 amide bonds. The third-order valence-corrected chi connectivity index (χ3v) is 10.6. The zero-order valence-corrected chi connectivity index (χ0v) is 41.7. The van der Waals surface area contributed by atoms with E-state index in [1.807, 2.05) is 48.4 Å². The lowest BCUT2D eigenvalue weighted by molar-refractivity contribution is 0.681. The number of halogens is 6. The molecule has 7 heterocycles. The number of hydrogen-bond donors (Lipinski definition) is 0.